The Morgan fingerprint density at radius 2 is 0.881 bits per heavy atom. The summed E-state index contributed by atoms with van der Waals surface area (Å²) in [5, 5.41) is 2.64. The Hall–Kier alpha value is -1.44. The Morgan fingerprint density at radius 3 is 1.29 bits per heavy atom. The summed E-state index contributed by atoms with van der Waals surface area (Å²) in [4.78, 5) is 37.5. The zero-order valence-electron chi connectivity index (χ0n) is 37.8. The van der Waals surface area contributed by atoms with Crippen molar-refractivity contribution in [1.82, 2.24) is 5.32 Å². The van der Waals surface area contributed by atoms with Gasteiger partial charge in [0.2, 0.25) is 10.4 Å². The average Bonchev–Trinajstić information content (AvgIpc) is 3.19. The maximum atomic E-state index is 12.5. The van der Waals surface area contributed by atoms with Gasteiger partial charge < -0.3 is 24.1 Å². The minimum absolute atomic E-state index is 0. The number of amides is 1. The van der Waals surface area contributed by atoms with Crippen molar-refractivity contribution in [1.29, 1.82) is 0 Å². The second-order valence-corrected chi connectivity index (χ2v) is 16.7. The summed E-state index contributed by atoms with van der Waals surface area (Å²) in [6.45, 7) is 4.20. The molecule has 0 aromatic rings. The molecule has 0 aliphatic rings. The first-order valence-electron chi connectivity index (χ1n) is 23.3. The molecule has 0 aliphatic heterocycles. The largest absolute Gasteiger partial charge is 1.00 e. The van der Waals surface area contributed by atoms with Crippen LogP contribution in [0.25, 0.3) is 0 Å². The summed E-state index contributed by atoms with van der Waals surface area (Å²) in [6, 6.07) is 0. The molecule has 0 heterocycles. The Bertz CT molecular complexity index is 1080. The van der Waals surface area contributed by atoms with E-state index in [0.29, 0.717) is 32.2 Å². The molecule has 0 saturated heterocycles. The van der Waals surface area contributed by atoms with Gasteiger partial charge in [0.25, 0.3) is 0 Å². The number of alkyl carbamates (subject to hydrolysis) is 1. The summed E-state index contributed by atoms with van der Waals surface area (Å²) in [6.07, 6.45) is 40.9. The van der Waals surface area contributed by atoms with E-state index in [0.717, 1.165) is 77.0 Å². The third-order valence-electron chi connectivity index (χ3n) is 9.99. The average molecular weight is 866 g/mol. The van der Waals surface area contributed by atoms with E-state index in [1.54, 1.807) is 0 Å². The number of rotatable bonds is 43. The van der Waals surface area contributed by atoms with Crippen LogP contribution in [0, 0.1) is 0 Å². The third kappa shape index (κ3) is 49.1. The summed E-state index contributed by atoms with van der Waals surface area (Å²) < 4.78 is 52.0. The van der Waals surface area contributed by atoms with Gasteiger partial charge >= 0.3 is 47.6 Å². The standard InChI is InChI=1S/C46H85NO10S.Na/c1-3-5-7-9-11-13-15-17-19-21-23-25-27-29-33-37-44(48)54-41-43(57-46(50)47-39-35-31-32-36-40-56-58(51,52)53)42-55-45(49)38-34-30-28-26-24-22-20-18-16-14-12-10-8-6-4-2;/h17-20,43H,3-16,21-42H2,1-2H3,(H,47,50)(H,51,52,53);/q;+1/p-1/b19-17-,20-18-;. The SMILES string of the molecule is CCCCCCCC/C=C\CCCCCCCC(=O)OCC(COC(=O)CCCCCCC/C=C\CCCCCCCC)OC(=O)NCCCCCCOS(=O)(=O)[O-].[Na+]. The van der Waals surface area contributed by atoms with Crippen molar-refractivity contribution in [2.24, 2.45) is 0 Å². The quantitative estimate of drug-likeness (QED) is 0.0119. The van der Waals surface area contributed by atoms with Gasteiger partial charge in [-0.1, -0.05) is 154 Å². The van der Waals surface area contributed by atoms with Crippen molar-refractivity contribution >= 4 is 28.4 Å². The monoisotopic (exact) mass is 866 g/mol. The van der Waals surface area contributed by atoms with E-state index in [4.69, 9.17) is 14.2 Å². The summed E-state index contributed by atoms with van der Waals surface area (Å²) >= 11 is 0. The second kappa shape index (κ2) is 46.1. The molecule has 0 aromatic heterocycles. The number of unbranched alkanes of at least 4 members (excludes halogenated alkanes) is 25. The molecule has 1 N–H and O–H groups in total. The Kier molecular flexibility index (Phi) is 46.6. The van der Waals surface area contributed by atoms with Gasteiger partial charge in [-0.15, -0.1) is 0 Å². The first-order chi connectivity index (χ1) is 28.2. The van der Waals surface area contributed by atoms with E-state index >= 15 is 0 Å². The van der Waals surface area contributed by atoms with Crippen LogP contribution in [-0.4, -0.2) is 63.5 Å². The zero-order valence-corrected chi connectivity index (χ0v) is 40.6. The Balaban J connectivity index is 0. The number of nitrogens with one attached hydrogen (secondary N) is 1. The normalized spacial score (nSPS) is 11.7. The maximum absolute atomic E-state index is 12.5. The molecule has 13 heteroatoms. The molecular weight excluding hydrogens is 782 g/mol. The van der Waals surface area contributed by atoms with Crippen LogP contribution >= 0.6 is 0 Å². The number of carbonyl (C=O) groups is 3. The van der Waals surface area contributed by atoms with Crippen LogP contribution in [0.5, 0.6) is 0 Å². The molecule has 59 heavy (non-hydrogen) atoms. The molecule has 0 aliphatic carbocycles. The van der Waals surface area contributed by atoms with Crippen molar-refractivity contribution in [3.8, 4) is 0 Å². The number of ether oxygens (including phenoxy) is 3. The maximum Gasteiger partial charge on any atom is 1.00 e. The summed E-state index contributed by atoms with van der Waals surface area (Å²) in [7, 11) is -4.69. The predicted octanol–water partition coefficient (Wildman–Crippen LogP) is 9.28. The van der Waals surface area contributed by atoms with Gasteiger partial charge in [-0.3, -0.25) is 13.8 Å². The fourth-order valence-corrected chi connectivity index (χ4v) is 6.76. The van der Waals surface area contributed by atoms with E-state index < -0.39 is 22.6 Å². The van der Waals surface area contributed by atoms with Gasteiger partial charge in [-0.2, -0.15) is 0 Å². The van der Waals surface area contributed by atoms with Crippen LogP contribution in [-0.2, 0) is 38.4 Å². The van der Waals surface area contributed by atoms with Crippen LogP contribution in [0.1, 0.15) is 219 Å². The van der Waals surface area contributed by atoms with Crippen LogP contribution in [0.2, 0.25) is 0 Å². The molecule has 0 atom stereocenters. The molecule has 0 radical (unpaired) electrons. The molecule has 11 nitrogen and oxygen atoms in total. The third-order valence-corrected chi connectivity index (χ3v) is 10.4. The molecule has 340 valence electrons. The van der Waals surface area contributed by atoms with Crippen molar-refractivity contribution in [2.75, 3.05) is 26.4 Å². The molecule has 1 amide bonds. The molecule has 0 saturated carbocycles. The Morgan fingerprint density at radius 1 is 0.525 bits per heavy atom. The number of esters is 2. The van der Waals surface area contributed by atoms with Gasteiger partial charge in [0.05, 0.1) is 6.61 Å². The molecule has 0 aromatic carbocycles. The molecular formula is C46H84NNaO10S. The van der Waals surface area contributed by atoms with E-state index in [1.807, 2.05) is 0 Å². The fourth-order valence-electron chi connectivity index (χ4n) is 6.44. The van der Waals surface area contributed by atoms with Crippen molar-refractivity contribution in [2.45, 2.75) is 225 Å². The molecule has 0 rings (SSSR count). The van der Waals surface area contributed by atoms with E-state index in [9.17, 15) is 27.4 Å². The molecule has 0 bridgehead atoms. The topological polar surface area (TPSA) is 157 Å². The van der Waals surface area contributed by atoms with Gasteiger partial charge in [0, 0.05) is 19.4 Å². The first kappa shape index (κ1) is 59.7. The predicted molar refractivity (Wildman–Crippen MR) is 233 cm³/mol. The van der Waals surface area contributed by atoms with E-state index in [2.05, 4.69) is 47.7 Å². The smallest absolute Gasteiger partial charge is 0.726 e. The van der Waals surface area contributed by atoms with Gasteiger partial charge in [-0.25, -0.2) is 13.2 Å². The van der Waals surface area contributed by atoms with Crippen LogP contribution in [0.15, 0.2) is 24.3 Å². The Labute approximate surface area is 383 Å². The second-order valence-electron chi connectivity index (χ2n) is 15.6. The van der Waals surface area contributed by atoms with E-state index in [1.165, 1.54) is 89.9 Å². The minimum Gasteiger partial charge on any atom is -0.726 e. The van der Waals surface area contributed by atoms with Crippen LogP contribution in [0.3, 0.4) is 0 Å². The fraction of sp³-hybridized carbons (Fsp3) is 0.848. The number of hydrogen-bond donors (Lipinski definition) is 1. The number of allylic oxidation sites excluding steroid dienone is 4. The van der Waals surface area contributed by atoms with Gasteiger partial charge in [0.1, 0.15) is 13.2 Å². The summed E-state index contributed by atoms with van der Waals surface area (Å²) in [5.74, 6) is -0.750. The van der Waals surface area contributed by atoms with Gasteiger partial charge in [0.15, 0.2) is 6.10 Å². The van der Waals surface area contributed by atoms with Gasteiger partial charge in [-0.05, 0) is 77.0 Å². The zero-order chi connectivity index (χ0) is 42.6. The molecule has 0 spiro atoms. The summed E-state index contributed by atoms with van der Waals surface area (Å²) in [5.41, 5.74) is 0. The van der Waals surface area contributed by atoms with E-state index in [-0.39, 0.29) is 74.2 Å². The molecule has 0 fully saturated rings. The van der Waals surface area contributed by atoms with Crippen LogP contribution in [0.4, 0.5) is 4.79 Å². The minimum atomic E-state index is -4.69. The van der Waals surface area contributed by atoms with Crippen molar-refractivity contribution < 1.29 is 75.3 Å². The van der Waals surface area contributed by atoms with Crippen molar-refractivity contribution in [3.05, 3.63) is 24.3 Å². The number of hydrogen-bond acceptors (Lipinski definition) is 10. The van der Waals surface area contributed by atoms with Crippen LogP contribution < -0.4 is 34.9 Å². The first-order valence-corrected chi connectivity index (χ1v) is 24.7. The number of carbonyl (C=O) groups excluding carboxylic acids is 3. The van der Waals surface area contributed by atoms with Crippen molar-refractivity contribution in [3.63, 3.8) is 0 Å². The molecule has 0 unspecified atom stereocenters.